The lowest BCUT2D eigenvalue weighted by atomic mass is 9.78. The standard InChI is InChI=1S/C42H37N3S.C41H35N3S.C2H6/c1-26-39(41-33(31-16-9-11-20-37(31)46-41)22-24-38(43)44-28-13-6-5-7-14-28)34-25-27(21-23-36(34)45(26)4)29-17-12-18-32-30-15-8-10-19-35(30)42(2,3)40(29)32;1-23(43-36-14-8-7-13-34(36)42)29-22-30-28-11-5-9-15-37(28)45-40(30)38-31-20-24(17-19-35(31)44-39(29)38)25-16-18-27-26-10-4-6-12-32(26)41(2,3)33(27)21-25;1-2/h5-13,15-25,28H,14H2,1-4H3,(H2,43,44);4-15,17,19-22,34,36,43-44H,1,16,18,42H2,2-3H3;1-2H3. The number of allylic oxidation sites excluding steroid dienone is 8. The molecule has 460 valence electrons. The van der Waals surface area contributed by atoms with Crippen LogP contribution in [0.1, 0.15) is 105 Å². The Bertz CT molecular complexity index is 5340. The maximum absolute atomic E-state index is 6.47. The molecule has 8 heteroatoms. The van der Waals surface area contributed by atoms with Crippen molar-refractivity contribution in [3.63, 3.8) is 0 Å². The second kappa shape index (κ2) is 23.5. The van der Waals surface area contributed by atoms with Crippen LogP contribution in [0.15, 0.2) is 236 Å². The van der Waals surface area contributed by atoms with Crippen LogP contribution in [0.5, 0.6) is 0 Å². The van der Waals surface area contributed by atoms with E-state index in [-0.39, 0.29) is 29.0 Å². The molecule has 5 aliphatic carbocycles. The molecule has 0 spiro atoms. The molecule has 0 fully saturated rings. The van der Waals surface area contributed by atoms with Gasteiger partial charge in [-0.2, -0.15) is 0 Å². The van der Waals surface area contributed by atoms with Crippen molar-refractivity contribution in [1.82, 2.24) is 14.9 Å². The molecule has 6 N–H and O–H groups in total. The number of aliphatic imine (C=N–C) groups is 1. The number of nitrogens with zero attached hydrogens (tertiary/aromatic N) is 2. The lowest BCUT2D eigenvalue weighted by Crippen LogP contribution is -2.42. The fourth-order valence-corrected chi connectivity index (χ4v) is 18.1. The first-order chi connectivity index (χ1) is 45.2. The molecule has 4 heterocycles. The Morgan fingerprint density at radius 1 is 0.677 bits per heavy atom. The van der Waals surface area contributed by atoms with Gasteiger partial charge in [0.05, 0.1) is 17.6 Å². The van der Waals surface area contributed by atoms with Crippen LogP contribution in [0.4, 0.5) is 0 Å². The van der Waals surface area contributed by atoms with Crippen molar-refractivity contribution in [2.24, 2.45) is 23.5 Å². The van der Waals surface area contributed by atoms with Crippen molar-refractivity contribution >= 4 is 114 Å². The van der Waals surface area contributed by atoms with E-state index in [1.54, 1.807) is 0 Å². The molecule has 3 atom stereocenters. The Morgan fingerprint density at radius 2 is 1.35 bits per heavy atom. The van der Waals surface area contributed by atoms with Crippen molar-refractivity contribution in [3.8, 4) is 32.7 Å². The number of aromatic nitrogens is 2. The second-order valence-electron chi connectivity index (χ2n) is 26.3. The number of aryl methyl sites for hydroxylation is 1. The molecule has 0 aliphatic heterocycles. The highest BCUT2D eigenvalue weighted by molar-refractivity contribution is 7.26. The summed E-state index contributed by atoms with van der Waals surface area (Å²) in [5, 5.41) is 11.2. The van der Waals surface area contributed by atoms with E-state index in [0.29, 0.717) is 5.84 Å². The molecule has 5 aliphatic rings. The molecular formula is C85H78N6S2. The van der Waals surface area contributed by atoms with Gasteiger partial charge in [0.15, 0.2) is 0 Å². The predicted molar refractivity (Wildman–Crippen MR) is 405 cm³/mol. The largest absolute Gasteiger partial charge is 0.384 e. The number of nitrogens with one attached hydrogen (secondary N) is 2. The molecule has 8 aromatic carbocycles. The van der Waals surface area contributed by atoms with E-state index in [4.69, 9.17) is 16.5 Å². The summed E-state index contributed by atoms with van der Waals surface area (Å²) in [5.74, 6) is 0.546. The number of thiophene rings is 2. The quantitative estimate of drug-likeness (QED) is 0.0856. The minimum Gasteiger partial charge on any atom is -0.384 e. The summed E-state index contributed by atoms with van der Waals surface area (Å²) < 4.78 is 6.22. The zero-order valence-corrected chi connectivity index (χ0v) is 55.9. The summed E-state index contributed by atoms with van der Waals surface area (Å²) in [6, 6.07) is 58.4. The van der Waals surface area contributed by atoms with Gasteiger partial charge in [0.1, 0.15) is 5.84 Å². The minimum absolute atomic E-state index is 0.00754. The van der Waals surface area contributed by atoms with E-state index in [9.17, 15) is 0 Å². The van der Waals surface area contributed by atoms with Crippen molar-refractivity contribution in [3.05, 3.63) is 275 Å². The van der Waals surface area contributed by atoms with Crippen LogP contribution in [-0.4, -0.2) is 33.5 Å². The van der Waals surface area contributed by atoms with E-state index < -0.39 is 0 Å². The molecule has 0 bridgehead atoms. The molecule has 3 unspecified atom stereocenters. The highest BCUT2D eigenvalue weighted by Crippen LogP contribution is 2.55. The van der Waals surface area contributed by atoms with Crippen molar-refractivity contribution < 1.29 is 0 Å². The number of nitrogens with two attached hydrogens (primary N) is 2. The number of hydrogen-bond donors (Lipinski definition) is 4. The third-order valence-electron chi connectivity index (χ3n) is 20.3. The Kier molecular flexibility index (Phi) is 15.1. The van der Waals surface area contributed by atoms with Crippen LogP contribution in [0, 0.1) is 6.92 Å². The zero-order valence-electron chi connectivity index (χ0n) is 54.3. The molecular weight excluding hydrogens is 1170 g/mol. The van der Waals surface area contributed by atoms with Crippen LogP contribution < -0.4 is 16.8 Å². The highest BCUT2D eigenvalue weighted by Gasteiger charge is 2.39. The van der Waals surface area contributed by atoms with E-state index in [1.807, 2.05) is 66.9 Å². The highest BCUT2D eigenvalue weighted by atomic mass is 32.1. The van der Waals surface area contributed by atoms with Crippen molar-refractivity contribution in [2.45, 2.75) is 96.7 Å². The summed E-state index contributed by atoms with van der Waals surface area (Å²) in [6.45, 7) is 20.3. The van der Waals surface area contributed by atoms with Gasteiger partial charge in [-0.1, -0.05) is 218 Å². The minimum atomic E-state index is -0.102. The third kappa shape index (κ3) is 9.96. The van der Waals surface area contributed by atoms with Gasteiger partial charge >= 0.3 is 0 Å². The number of rotatable bonds is 9. The lowest BCUT2D eigenvalue weighted by Gasteiger charge is -2.26. The van der Waals surface area contributed by atoms with Gasteiger partial charge in [0.25, 0.3) is 0 Å². The van der Waals surface area contributed by atoms with Gasteiger partial charge in [-0.15, -0.1) is 22.7 Å². The monoisotopic (exact) mass is 1250 g/mol. The summed E-state index contributed by atoms with van der Waals surface area (Å²) in [5.41, 5.74) is 38.7. The van der Waals surface area contributed by atoms with E-state index in [0.717, 1.165) is 41.6 Å². The molecule has 17 rings (SSSR count). The van der Waals surface area contributed by atoms with Crippen LogP contribution in [0.2, 0.25) is 0 Å². The fraction of sp³-hybridized carbons (Fsp3) is 0.188. The molecule has 0 saturated heterocycles. The summed E-state index contributed by atoms with van der Waals surface area (Å²) >= 11 is 3.74. The van der Waals surface area contributed by atoms with Crippen LogP contribution in [0.25, 0.3) is 119 Å². The number of aromatic amines is 1. The average Bonchev–Trinajstić information content (AvgIpc) is 1.59. The van der Waals surface area contributed by atoms with Gasteiger partial charge in [-0.3, -0.25) is 4.99 Å². The van der Waals surface area contributed by atoms with Gasteiger partial charge in [0, 0.05) is 114 Å². The average molecular weight is 1250 g/mol. The Hall–Kier alpha value is -9.57. The van der Waals surface area contributed by atoms with Gasteiger partial charge in [-0.25, -0.2) is 0 Å². The summed E-state index contributed by atoms with van der Waals surface area (Å²) in [7, 11) is 2.18. The van der Waals surface area contributed by atoms with E-state index in [1.165, 1.54) is 140 Å². The summed E-state index contributed by atoms with van der Waals surface area (Å²) in [6.07, 6.45) is 26.2. The Labute approximate surface area is 553 Å². The number of amidine groups is 1. The molecule has 4 aromatic heterocycles. The van der Waals surface area contributed by atoms with Gasteiger partial charge in [0.2, 0.25) is 0 Å². The van der Waals surface area contributed by atoms with Gasteiger partial charge in [-0.05, 0) is 148 Å². The second-order valence-corrected chi connectivity index (χ2v) is 28.4. The normalized spacial score (nSPS) is 18.3. The molecule has 93 heavy (non-hydrogen) atoms. The summed E-state index contributed by atoms with van der Waals surface area (Å²) in [4.78, 5) is 9.84. The fourth-order valence-electron chi connectivity index (χ4n) is 15.6. The predicted octanol–water partition coefficient (Wildman–Crippen LogP) is 21.6. The number of H-pyrrole nitrogens is 1. The molecule has 0 radical (unpaired) electrons. The maximum atomic E-state index is 6.47. The maximum Gasteiger partial charge on any atom is 0.118 e. The zero-order chi connectivity index (χ0) is 64.0. The molecule has 12 aromatic rings. The Balaban J connectivity index is 0.000000150. The molecule has 0 saturated carbocycles. The number of fused-ring (bicyclic) bond motifs is 14. The van der Waals surface area contributed by atoms with Crippen LogP contribution in [-0.2, 0) is 17.9 Å². The van der Waals surface area contributed by atoms with Crippen LogP contribution in [0.3, 0.4) is 0 Å². The SMILES string of the molecule is C=C(NC1C=CC=CC1N)c1cc2c3ccccc3sc2c2c1[nH]c1ccc(C3=CC4=C(CC3)c3ccccc3C4(C)C)cc12.CC.Cc1c(-c2sc3ccccc3c2C=CC(N)=NC2C=CC=CC2)c2cc(-c3cccc4c3C(C)(C)c3ccccc3-4)ccc2n1C. The molecule has 0 amide bonds. The number of hydrogen-bond acceptors (Lipinski definition) is 5. The van der Waals surface area contributed by atoms with Crippen molar-refractivity contribution in [1.29, 1.82) is 0 Å². The van der Waals surface area contributed by atoms with Gasteiger partial charge < -0.3 is 26.3 Å². The van der Waals surface area contributed by atoms with Crippen molar-refractivity contribution in [2.75, 3.05) is 0 Å². The van der Waals surface area contributed by atoms with E-state index >= 15 is 0 Å². The van der Waals surface area contributed by atoms with Crippen LogP contribution >= 0.6 is 22.7 Å². The van der Waals surface area contributed by atoms with E-state index in [2.05, 4.69) is 257 Å². The first-order valence-corrected chi connectivity index (χ1v) is 34.5. The molecule has 6 nitrogen and oxygen atoms in total. The third-order valence-corrected chi connectivity index (χ3v) is 22.7. The first-order valence-electron chi connectivity index (χ1n) is 32.9. The topological polar surface area (TPSA) is 97.2 Å². The first kappa shape index (κ1) is 59.7. The smallest absolute Gasteiger partial charge is 0.118 e. The lowest BCUT2D eigenvalue weighted by molar-refractivity contribution is 0.629. The number of benzene rings is 8. The Morgan fingerprint density at radius 3 is 2.14 bits per heavy atom.